The van der Waals surface area contributed by atoms with E-state index in [0.717, 1.165) is 6.07 Å². The highest BCUT2D eigenvalue weighted by Gasteiger charge is 2.31. The molecule has 0 spiro atoms. The van der Waals surface area contributed by atoms with Crippen molar-refractivity contribution in [1.29, 1.82) is 0 Å². The Bertz CT molecular complexity index is 1180. The van der Waals surface area contributed by atoms with Gasteiger partial charge in [-0.2, -0.15) is 0 Å². The van der Waals surface area contributed by atoms with Gasteiger partial charge < -0.3 is 20.4 Å². The van der Waals surface area contributed by atoms with Crippen molar-refractivity contribution in [1.82, 2.24) is 15.0 Å². The van der Waals surface area contributed by atoms with E-state index in [1.807, 2.05) is 18.7 Å². The normalized spacial score (nSPS) is 20.3. The van der Waals surface area contributed by atoms with E-state index in [-0.39, 0.29) is 33.3 Å². The van der Waals surface area contributed by atoms with Gasteiger partial charge in [-0.1, -0.05) is 6.07 Å². The monoisotopic (exact) mass is 419 g/mol. The van der Waals surface area contributed by atoms with Crippen molar-refractivity contribution in [2.45, 2.75) is 42.8 Å². The minimum absolute atomic E-state index is 0.00752. The third kappa shape index (κ3) is 3.42. The molecule has 29 heavy (non-hydrogen) atoms. The molecule has 0 aliphatic carbocycles. The number of sulfone groups is 1. The van der Waals surface area contributed by atoms with Crippen molar-refractivity contribution in [2.24, 2.45) is 0 Å². The number of benzene rings is 1. The van der Waals surface area contributed by atoms with Crippen molar-refractivity contribution >= 4 is 32.5 Å². The lowest BCUT2D eigenvalue weighted by atomic mass is 10.2. The Hall–Kier alpha value is -2.72. The summed E-state index contributed by atoms with van der Waals surface area (Å²) in [5.41, 5.74) is 6.71. The van der Waals surface area contributed by atoms with Gasteiger partial charge in [0.2, 0.25) is 9.84 Å². The largest absolute Gasteiger partial charge is 0.384 e. The van der Waals surface area contributed by atoms with Crippen LogP contribution >= 0.6 is 0 Å². The number of halogens is 1. The highest BCUT2D eigenvalue weighted by molar-refractivity contribution is 7.92. The van der Waals surface area contributed by atoms with Crippen LogP contribution in [0.2, 0.25) is 0 Å². The number of aromatic amines is 1. The first-order valence-electron chi connectivity index (χ1n) is 9.23. The van der Waals surface area contributed by atoms with E-state index in [9.17, 15) is 12.8 Å². The molecule has 8 nitrogen and oxygen atoms in total. The number of morpholine rings is 1. The fourth-order valence-electron chi connectivity index (χ4n) is 3.76. The average molecular weight is 419 g/mol. The molecule has 3 heterocycles. The SMILES string of the molecule is Cc1nc(N2C[C@@H](C)O[C@@H](C)C2)c2[nH]c(N)c(S(=O)(=O)c3cccc(F)c3)c2n1. The molecule has 1 aromatic carbocycles. The molecule has 1 fully saturated rings. The van der Waals surface area contributed by atoms with Gasteiger partial charge in [-0.3, -0.25) is 0 Å². The summed E-state index contributed by atoms with van der Waals surface area (Å²) in [4.78, 5) is 13.5. The van der Waals surface area contributed by atoms with Crippen molar-refractivity contribution < 1.29 is 17.5 Å². The molecule has 0 unspecified atom stereocenters. The van der Waals surface area contributed by atoms with Gasteiger partial charge in [0.1, 0.15) is 33.4 Å². The van der Waals surface area contributed by atoms with E-state index < -0.39 is 15.7 Å². The molecule has 3 aromatic rings. The Morgan fingerprint density at radius 2 is 1.93 bits per heavy atom. The van der Waals surface area contributed by atoms with Crippen LogP contribution in [0.1, 0.15) is 19.7 Å². The summed E-state index contributed by atoms with van der Waals surface area (Å²) < 4.78 is 45.9. The van der Waals surface area contributed by atoms with Crippen LogP contribution in [0, 0.1) is 12.7 Å². The number of hydrogen-bond donors (Lipinski definition) is 2. The van der Waals surface area contributed by atoms with Crippen LogP contribution in [0.4, 0.5) is 16.0 Å². The third-order valence-electron chi connectivity index (χ3n) is 4.82. The van der Waals surface area contributed by atoms with Gasteiger partial charge in [0, 0.05) is 13.1 Å². The van der Waals surface area contributed by atoms with E-state index in [4.69, 9.17) is 10.5 Å². The van der Waals surface area contributed by atoms with Gasteiger partial charge in [0.15, 0.2) is 5.82 Å². The predicted molar refractivity (Wildman–Crippen MR) is 107 cm³/mol. The molecular formula is C19H22FN5O3S. The number of H-pyrrole nitrogens is 1. The minimum atomic E-state index is -4.09. The fourth-order valence-corrected chi connectivity index (χ4v) is 5.26. The number of aryl methyl sites for hydroxylation is 1. The Balaban J connectivity index is 1.92. The van der Waals surface area contributed by atoms with Crippen LogP contribution < -0.4 is 10.6 Å². The maximum Gasteiger partial charge on any atom is 0.212 e. The molecule has 0 radical (unpaired) electrons. The van der Waals surface area contributed by atoms with E-state index in [0.29, 0.717) is 30.2 Å². The van der Waals surface area contributed by atoms with Gasteiger partial charge in [0.05, 0.1) is 17.1 Å². The molecule has 0 bridgehead atoms. The lowest BCUT2D eigenvalue weighted by molar-refractivity contribution is -0.00539. The van der Waals surface area contributed by atoms with E-state index in [1.165, 1.54) is 18.2 Å². The van der Waals surface area contributed by atoms with Gasteiger partial charge in [0.25, 0.3) is 0 Å². The van der Waals surface area contributed by atoms with Crippen LogP contribution in [-0.4, -0.2) is 48.7 Å². The minimum Gasteiger partial charge on any atom is -0.384 e. The van der Waals surface area contributed by atoms with Crippen LogP contribution in [0.3, 0.4) is 0 Å². The van der Waals surface area contributed by atoms with Crippen LogP contribution in [0.15, 0.2) is 34.1 Å². The predicted octanol–water partition coefficient (Wildman–Crippen LogP) is 2.43. The first kappa shape index (κ1) is 19.6. The van der Waals surface area contributed by atoms with Gasteiger partial charge >= 0.3 is 0 Å². The molecule has 10 heteroatoms. The third-order valence-corrected chi connectivity index (χ3v) is 6.64. The second-order valence-corrected chi connectivity index (χ2v) is 9.20. The number of rotatable bonds is 3. The lowest BCUT2D eigenvalue weighted by Crippen LogP contribution is -2.46. The Morgan fingerprint density at radius 1 is 1.24 bits per heavy atom. The molecule has 1 aliphatic rings. The zero-order valence-corrected chi connectivity index (χ0v) is 17.1. The second-order valence-electron chi connectivity index (χ2n) is 7.31. The number of aromatic nitrogens is 3. The topological polar surface area (TPSA) is 114 Å². The maximum atomic E-state index is 13.7. The fraction of sp³-hybridized carbons (Fsp3) is 0.368. The molecule has 1 saturated heterocycles. The zero-order valence-electron chi connectivity index (χ0n) is 16.3. The molecule has 2 aromatic heterocycles. The zero-order chi connectivity index (χ0) is 20.9. The molecule has 0 saturated carbocycles. The standard InChI is InChI=1S/C19H22FN5O3S/c1-10-8-25(9-11(2)28-10)19-16-15(22-12(3)23-19)17(18(21)24-16)29(26,27)14-6-4-5-13(20)7-14/h4-7,10-11,24H,8-9,21H2,1-3H3/t10-,11+. The van der Waals surface area contributed by atoms with Gasteiger partial charge in [-0.25, -0.2) is 22.8 Å². The molecule has 4 rings (SSSR count). The Morgan fingerprint density at radius 3 is 2.59 bits per heavy atom. The number of anilines is 2. The van der Waals surface area contributed by atoms with Crippen LogP contribution in [0.5, 0.6) is 0 Å². The first-order valence-corrected chi connectivity index (χ1v) is 10.7. The van der Waals surface area contributed by atoms with Crippen molar-refractivity contribution in [3.63, 3.8) is 0 Å². The van der Waals surface area contributed by atoms with E-state index in [1.54, 1.807) is 6.92 Å². The maximum absolute atomic E-state index is 13.7. The summed E-state index contributed by atoms with van der Waals surface area (Å²) in [5.74, 6) is 0.280. The van der Waals surface area contributed by atoms with E-state index >= 15 is 0 Å². The number of hydrogen-bond acceptors (Lipinski definition) is 7. The van der Waals surface area contributed by atoms with Gasteiger partial charge in [-0.15, -0.1) is 0 Å². The molecule has 2 atom stereocenters. The molecule has 0 amide bonds. The summed E-state index contributed by atoms with van der Waals surface area (Å²) in [6.45, 7) is 6.83. The number of nitrogens with zero attached hydrogens (tertiary/aromatic N) is 3. The summed E-state index contributed by atoms with van der Waals surface area (Å²) in [6, 6.07) is 4.82. The van der Waals surface area contributed by atoms with E-state index in [2.05, 4.69) is 15.0 Å². The van der Waals surface area contributed by atoms with Crippen molar-refractivity contribution in [3.8, 4) is 0 Å². The van der Waals surface area contributed by atoms with Crippen LogP contribution in [-0.2, 0) is 14.6 Å². The number of fused-ring (bicyclic) bond motifs is 1. The van der Waals surface area contributed by atoms with Crippen molar-refractivity contribution in [2.75, 3.05) is 23.7 Å². The second kappa shape index (κ2) is 6.96. The van der Waals surface area contributed by atoms with Crippen molar-refractivity contribution in [3.05, 3.63) is 35.9 Å². The highest BCUT2D eigenvalue weighted by atomic mass is 32.2. The molecule has 3 N–H and O–H groups in total. The lowest BCUT2D eigenvalue weighted by Gasteiger charge is -2.36. The summed E-state index contributed by atoms with van der Waals surface area (Å²) in [6.07, 6.45) is -0.0150. The van der Waals surface area contributed by atoms with Gasteiger partial charge in [-0.05, 0) is 39.0 Å². The molecule has 154 valence electrons. The quantitative estimate of drug-likeness (QED) is 0.670. The Kier molecular flexibility index (Phi) is 4.70. The highest BCUT2D eigenvalue weighted by Crippen LogP contribution is 2.36. The number of nitrogens with one attached hydrogen (secondary N) is 1. The number of nitrogen functional groups attached to an aromatic ring is 1. The Labute approximate surface area is 167 Å². The first-order chi connectivity index (χ1) is 13.7. The smallest absolute Gasteiger partial charge is 0.212 e. The average Bonchev–Trinajstić information content (AvgIpc) is 2.96. The molecular weight excluding hydrogens is 397 g/mol. The summed E-state index contributed by atoms with van der Waals surface area (Å²) >= 11 is 0. The number of ether oxygens (including phenoxy) is 1. The number of nitrogens with two attached hydrogens (primary N) is 1. The van der Waals surface area contributed by atoms with Crippen LogP contribution in [0.25, 0.3) is 11.0 Å². The summed E-state index contributed by atoms with van der Waals surface area (Å²) in [5, 5.41) is 0. The summed E-state index contributed by atoms with van der Waals surface area (Å²) in [7, 11) is -4.09. The molecule has 1 aliphatic heterocycles.